The summed E-state index contributed by atoms with van der Waals surface area (Å²) in [5.74, 6) is -3.31. The van der Waals surface area contributed by atoms with E-state index in [0.717, 1.165) is 18.8 Å². The predicted molar refractivity (Wildman–Crippen MR) is 177 cm³/mol. The minimum absolute atomic E-state index is 0.0412. The summed E-state index contributed by atoms with van der Waals surface area (Å²) in [6.45, 7) is 8.24. The summed E-state index contributed by atoms with van der Waals surface area (Å²) in [7, 11) is 0. The zero-order chi connectivity index (χ0) is 33.0. The number of anilines is 2. The number of cyclic esters (lactones) is 1. The summed E-state index contributed by atoms with van der Waals surface area (Å²) in [6.07, 6.45) is 6.72. The van der Waals surface area contributed by atoms with Crippen molar-refractivity contribution in [2.24, 2.45) is 11.8 Å². The summed E-state index contributed by atoms with van der Waals surface area (Å²) >= 11 is 3.58. The molecule has 0 aliphatic carbocycles. The third-order valence-corrected chi connectivity index (χ3v) is 10.1. The van der Waals surface area contributed by atoms with Crippen LogP contribution in [0.5, 0.6) is 0 Å². The van der Waals surface area contributed by atoms with Gasteiger partial charge < -0.3 is 34.6 Å². The number of likely N-dealkylation sites (tertiary alicyclic amines) is 1. The molecule has 5 bridgehead atoms. The van der Waals surface area contributed by atoms with Crippen LogP contribution in [0.3, 0.4) is 0 Å². The van der Waals surface area contributed by atoms with Crippen LogP contribution in [0.25, 0.3) is 0 Å². The fourth-order valence-electron chi connectivity index (χ4n) is 7.16. The monoisotopic (exact) mass is 700 g/mol. The number of allylic oxidation sites excluding steroid dienone is 1. The van der Waals surface area contributed by atoms with Crippen LogP contribution < -0.4 is 15.1 Å². The topological polar surface area (TPSA) is 129 Å². The van der Waals surface area contributed by atoms with Gasteiger partial charge in [-0.05, 0) is 76.8 Å². The molecule has 4 aliphatic heterocycles. The number of carbonyl (C=O) groups is 4. The van der Waals surface area contributed by atoms with Gasteiger partial charge >= 0.3 is 5.97 Å². The highest BCUT2D eigenvalue weighted by Gasteiger charge is 2.74. The zero-order valence-electron chi connectivity index (χ0n) is 26.8. The standard InChI is InChI=1S/C34H45BrN4O7/c1-4-37(5-2)23-13-15-24(16-14-23)38-17-9-6-8-12-26(41)36-21-22(3)45-33(44)27-28-31(42)39(18-10-7-11-19-40)30(32(38)43)34(28)20-25(35)29(27)46-34/h6,9,13-16,20,22,27-30,40H,4-5,7-8,10-12,17-19,21H2,1-3H3,(H,36,41)/b9-6-/t22-,27+,28-,29+,30+,34-/m0/s1. The number of aliphatic hydroxyl groups is 1. The van der Waals surface area contributed by atoms with Gasteiger partial charge in [-0.25, -0.2) is 0 Å². The molecule has 0 unspecified atom stereocenters. The summed E-state index contributed by atoms with van der Waals surface area (Å²) < 4.78 is 12.9. The highest BCUT2D eigenvalue weighted by molar-refractivity contribution is 9.11. The van der Waals surface area contributed by atoms with Crippen LogP contribution in [-0.2, 0) is 28.7 Å². The number of aliphatic hydroxyl groups excluding tert-OH is 1. The third kappa shape index (κ3) is 6.48. The van der Waals surface area contributed by atoms with E-state index in [1.54, 1.807) is 22.8 Å². The number of amides is 3. The van der Waals surface area contributed by atoms with Crippen molar-refractivity contribution in [1.82, 2.24) is 10.2 Å². The second-order valence-corrected chi connectivity index (χ2v) is 13.3. The highest BCUT2D eigenvalue weighted by atomic mass is 79.9. The summed E-state index contributed by atoms with van der Waals surface area (Å²) in [4.78, 5) is 60.9. The number of ether oxygens (including phenoxy) is 2. The predicted octanol–water partition coefficient (Wildman–Crippen LogP) is 3.30. The Hall–Kier alpha value is -3.22. The second kappa shape index (κ2) is 14.7. The van der Waals surface area contributed by atoms with Gasteiger partial charge in [0.15, 0.2) is 0 Å². The average molecular weight is 702 g/mol. The first-order chi connectivity index (χ1) is 22.2. The maximum Gasteiger partial charge on any atom is 0.313 e. The Morgan fingerprint density at radius 3 is 2.48 bits per heavy atom. The van der Waals surface area contributed by atoms with Crippen molar-refractivity contribution in [3.8, 4) is 0 Å². The van der Waals surface area contributed by atoms with E-state index in [0.29, 0.717) is 35.9 Å². The van der Waals surface area contributed by atoms with E-state index >= 15 is 0 Å². The Morgan fingerprint density at radius 1 is 1.04 bits per heavy atom. The van der Waals surface area contributed by atoms with Crippen LogP contribution in [-0.4, -0.2) is 96.9 Å². The molecule has 2 N–H and O–H groups in total. The number of esters is 1. The van der Waals surface area contributed by atoms with Crippen molar-refractivity contribution >= 4 is 51.0 Å². The maximum absolute atomic E-state index is 14.9. The molecule has 2 fully saturated rings. The SMILES string of the molecule is CCN(CC)c1ccc(N2C/C=C\CCC(=O)NC[C@H](C)OC(=O)[C@H]3[C@@H]4O[C@@]5(C=C4Br)[C@@H]3C(=O)N(CCCCCO)[C@@H]5C2=O)cc1. The van der Waals surface area contributed by atoms with Crippen molar-refractivity contribution in [3.63, 3.8) is 0 Å². The number of hydrogen-bond donors (Lipinski definition) is 2. The maximum atomic E-state index is 14.9. The van der Waals surface area contributed by atoms with Gasteiger partial charge in [-0.15, -0.1) is 0 Å². The molecule has 250 valence electrons. The molecule has 6 atom stereocenters. The fourth-order valence-corrected chi connectivity index (χ4v) is 7.89. The van der Waals surface area contributed by atoms with Crippen LogP contribution in [0.1, 0.15) is 52.9 Å². The lowest BCUT2D eigenvalue weighted by atomic mass is 9.74. The van der Waals surface area contributed by atoms with Crippen LogP contribution in [0.15, 0.2) is 47.0 Å². The van der Waals surface area contributed by atoms with Gasteiger partial charge in [0.25, 0.3) is 5.91 Å². The molecule has 1 spiro atoms. The van der Waals surface area contributed by atoms with Crippen molar-refractivity contribution in [3.05, 3.63) is 47.0 Å². The van der Waals surface area contributed by atoms with Crippen molar-refractivity contribution in [1.29, 1.82) is 0 Å². The van der Waals surface area contributed by atoms with E-state index in [1.807, 2.05) is 36.4 Å². The lowest BCUT2D eigenvalue weighted by Gasteiger charge is -2.36. The van der Waals surface area contributed by atoms with Crippen LogP contribution in [0, 0.1) is 11.8 Å². The van der Waals surface area contributed by atoms with E-state index in [2.05, 4.69) is 40.0 Å². The number of nitrogens with one attached hydrogen (secondary N) is 1. The molecule has 1 aromatic carbocycles. The second-order valence-electron chi connectivity index (χ2n) is 12.3. The van der Waals surface area contributed by atoms with Gasteiger partial charge in [0.1, 0.15) is 29.8 Å². The van der Waals surface area contributed by atoms with E-state index in [-0.39, 0.29) is 50.4 Å². The largest absolute Gasteiger partial charge is 0.460 e. The first kappa shape index (κ1) is 34.1. The number of benzene rings is 1. The Balaban J connectivity index is 1.58. The molecular weight excluding hydrogens is 656 g/mol. The van der Waals surface area contributed by atoms with Crippen molar-refractivity contribution in [2.45, 2.75) is 76.7 Å². The molecule has 1 aromatic rings. The number of nitrogens with zero attached hydrogens (tertiary/aromatic N) is 3. The summed E-state index contributed by atoms with van der Waals surface area (Å²) in [5, 5.41) is 12.2. The van der Waals surface area contributed by atoms with E-state index in [4.69, 9.17) is 9.47 Å². The molecule has 5 rings (SSSR count). The Labute approximate surface area is 279 Å². The molecule has 3 amide bonds. The van der Waals surface area contributed by atoms with Crippen molar-refractivity contribution in [2.75, 3.05) is 49.1 Å². The van der Waals surface area contributed by atoms with E-state index in [9.17, 15) is 24.3 Å². The minimum Gasteiger partial charge on any atom is -0.460 e. The third-order valence-electron chi connectivity index (χ3n) is 9.44. The van der Waals surface area contributed by atoms with Gasteiger partial charge in [0, 0.05) is 55.1 Å². The molecule has 2 saturated heterocycles. The lowest BCUT2D eigenvalue weighted by molar-refractivity contribution is -0.158. The molecular formula is C34H45BrN4O7. The van der Waals surface area contributed by atoms with Gasteiger partial charge in [-0.2, -0.15) is 0 Å². The average Bonchev–Trinajstić information content (AvgIpc) is 3.63. The Kier molecular flexibility index (Phi) is 10.9. The molecule has 12 heteroatoms. The molecule has 0 saturated carbocycles. The van der Waals surface area contributed by atoms with E-state index < -0.39 is 41.7 Å². The number of fused-ring (bicyclic) bond motifs is 2. The van der Waals surface area contributed by atoms with Gasteiger partial charge in [-0.3, -0.25) is 19.2 Å². The number of rotatable bonds is 9. The normalized spacial score (nSPS) is 30.6. The van der Waals surface area contributed by atoms with Gasteiger partial charge in [0.2, 0.25) is 11.8 Å². The molecule has 46 heavy (non-hydrogen) atoms. The molecule has 4 aliphatic rings. The highest BCUT2D eigenvalue weighted by Crippen LogP contribution is 2.59. The van der Waals surface area contributed by atoms with Gasteiger partial charge in [0.05, 0.1) is 12.5 Å². The lowest BCUT2D eigenvalue weighted by Crippen LogP contribution is -2.56. The number of hydrogen-bond acceptors (Lipinski definition) is 8. The quantitative estimate of drug-likeness (QED) is 0.228. The summed E-state index contributed by atoms with van der Waals surface area (Å²) in [6, 6.07) is 6.77. The zero-order valence-corrected chi connectivity index (χ0v) is 28.4. The van der Waals surface area contributed by atoms with Crippen LogP contribution >= 0.6 is 15.9 Å². The smallest absolute Gasteiger partial charge is 0.313 e. The Morgan fingerprint density at radius 2 is 1.78 bits per heavy atom. The van der Waals surface area contributed by atoms with Crippen molar-refractivity contribution < 1.29 is 33.8 Å². The Bertz CT molecular complexity index is 1360. The fraction of sp³-hybridized carbons (Fsp3) is 0.588. The molecule has 0 radical (unpaired) electrons. The molecule has 0 aromatic heterocycles. The summed E-state index contributed by atoms with van der Waals surface area (Å²) in [5.41, 5.74) is 0.329. The molecule has 4 heterocycles. The van der Waals surface area contributed by atoms with Crippen LogP contribution in [0.4, 0.5) is 11.4 Å². The van der Waals surface area contributed by atoms with E-state index in [1.165, 1.54) is 0 Å². The minimum atomic E-state index is -1.37. The van der Waals surface area contributed by atoms with Gasteiger partial charge in [-0.1, -0.05) is 28.1 Å². The molecule has 11 nitrogen and oxygen atoms in total. The van der Waals surface area contributed by atoms with Crippen LogP contribution in [0.2, 0.25) is 0 Å². The number of unbranched alkanes of at least 4 members (excludes halogenated alkanes) is 2. The first-order valence-corrected chi connectivity index (χ1v) is 17.2. The number of halogens is 1. The number of carbonyl (C=O) groups excluding carboxylic acids is 4. The first-order valence-electron chi connectivity index (χ1n) is 16.4.